The molecule has 0 radical (unpaired) electrons. The minimum atomic E-state index is -0.455. The summed E-state index contributed by atoms with van der Waals surface area (Å²) in [6, 6.07) is 11.5. The van der Waals surface area contributed by atoms with Crippen molar-refractivity contribution >= 4 is 29.1 Å². The second kappa shape index (κ2) is 11.5. The predicted octanol–water partition coefficient (Wildman–Crippen LogP) is 3.80. The van der Waals surface area contributed by atoms with Crippen LogP contribution in [0.25, 0.3) is 0 Å². The molecule has 2 amide bonds. The van der Waals surface area contributed by atoms with E-state index in [1.165, 1.54) is 24.1 Å². The molecule has 0 unspecified atom stereocenters. The Morgan fingerprint density at radius 3 is 2.53 bits per heavy atom. The summed E-state index contributed by atoms with van der Waals surface area (Å²) in [6.07, 6.45) is 0.776. The van der Waals surface area contributed by atoms with E-state index in [9.17, 15) is 14.0 Å². The topological polar surface area (TPSA) is 61.9 Å². The number of benzene rings is 2. The summed E-state index contributed by atoms with van der Waals surface area (Å²) in [6.45, 7) is 2.68. The van der Waals surface area contributed by atoms with E-state index in [2.05, 4.69) is 5.32 Å². The van der Waals surface area contributed by atoms with Crippen molar-refractivity contribution in [2.45, 2.75) is 19.9 Å². The van der Waals surface area contributed by atoms with Gasteiger partial charge in [-0.3, -0.25) is 14.5 Å². The van der Waals surface area contributed by atoms with Crippen molar-refractivity contribution in [2.75, 3.05) is 39.1 Å². The molecule has 0 heterocycles. The van der Waals surface area contributed by atoms with Gasteiger partial charge in [-0.15, -0.1) is 0 Å². The zero-order valence-corrected chi connectivity index (χ0v) is 18.2. The Morgan fingerprint density at radius 1 is 1.13 bits per heavy atom. The summed E-state index contributed by atoms with van der Waals surface area (Å²) in [5.74, 6) is -0.373. The molecular weight excluding hydrogens is 409 g/mol. The summed E-state index contributed by atoms with van der Waals surface area (Å²) < 4.78 is 19.2. The monoisotopic (exact) mass is 435 g/mol. The molecule has 6 nitrogen and oxygen atoms in total. The molecule has 162 valence electrons. The Morgan fingerprint density at radius 2 is 1.87 bits per heavy atom. The molecule has 0 fully saturated rings. The maximum absolute atomic E-state index is 14.0. The summed E-state index contributed by atoms with van der Waals surface area (Å²) in [4.78, 5) is 28.3. The van der Waals surface area contributed by atoms with Gasteiger partial charge in [-0.25, -0.2) is 4.39 Å². The van der Waals surface area contributed by atoms with Crippen LogP contribution in [0.4, 0.5) is 10.1 Å². The first-order chi connectivity index (χ1) is 14.3. The van der Waals surface area contributed by atoms with Gasteiger partial charge < -0.3 is 15.0 Å². The van der Waals surface area contributed by atoms with Gasteiger partial charge in [0.25, 0.3) is 0 Å². The van der Waals surface area contributed by atoms with Crippen molar-refractivity contribution in [1.82, 2.24) is 9.80 Å². The normalized spacial score (nSPS) is 10.7. The first kappa shape index (κ1) is 23.6. The third-order valence-electron chi connectivity index (χ3n) is 4.53. The Hall–Kier alpha value is -2.64. The smallest absolute Gasteiger partial charge is 0.238 e. The number of carbonyl (C=O) groups is 2. The number of anilines is 1. The lowest BCUT2D eigenvalue weighted by molar-refractivity contribution is -0.132. The van der Waals surface area contributed by atoms with Crippen LogP contribution in [-0.2, 0) is 16.1 Å². The lowest BCUT2D eigenvalue weighted by Gasteiger charge is -2.25. The maximum Gasteiger partial charge on any atom is 0.238 e. The van der Waals surface area contributed by atoms with E-state index in [0.29, 0.717) is 18.0 Å². The molecule has 0 aliphatic carbocycles. The second-order valence-corrected chi connectivity index (χ2v) is 7.32. The minimum absolute atomic E-state index is 0.0375. The van der Waals surface area contributed by atoms with Gasteiger partial charge in [0.05, 0.1) is 25.9 Å². The first-order valence-corrected chi connectivity index (χ1v) is 10.1. The maximum atomic E-state index is 14.0. The van der Waals surface area contributed by atoms with E-state index in [-0.39, 0.29) is 42.0 Å². The van der Waals surface area contributed by atoms with Gasteiger partial charge in [-0.2, -0.15) is 0 Å². The minimum Gasteiger partial charge on any atom is -0.495 e. The largest absolute Gasteiger partial charge is 0.495 e. The number of carbonyl (C=O) groups excluding carboxylic acids is 2. The van der Waals surface area contributed by atoms with Crippen LogP contribution in [-0.4, -0.2) is 55.4 Å². The highest BCUT2D eigenvalue weighted by Gasteiger charge is 2.19. The fraction of sp³-hybridized carbons (Fsp3) is 0.364. The van der Waals surface area contributed by atoms with Gasteiger partial charge >= 0.3 is 0 Å². The summed E-state index contributed by atoms with van der Waals surface area (Å²) >= 11 is 6.05. The van der Waals surface area contributed by atoms with Crippen molar-refractivity contribution in [1.29, 1.82) is 0 Å². The Labute approximate surface area is 181 Å². The summed E-state index contributed by atoms with van der Waals surface area (Å²) in [7, 11) is 3.12. The van der Waals surface area contributed by atoms with Crippen molar-refractivity contribution in [3.63, 3.8) is 0 Å². The molecule has 2 aromatic rings. The molecular formula is C22H27ClFN3O3. The fourth-order valence-corrected chi connectivity index (χ4v) is 3.21. The van der Waals surface area contributed by atoms with E-state index in [1.54, 1.807) is 36.2 Å². The van der Waals surface area contributed by atoms with Crippen LogP contribution in [0, 0.1) is 5.82 Å². The van der Waals surface area contributed by atoms with E-state index in [4.69, 9.17) is 16.3 Å². The van der Waals surface area contributed by atoms with Crippen LogP contribution in [0.1, 0.15) is 18.9 Å². The van der Waals surface area contributed by atoms with Crippen LogP contribution in [0.3, 0.4) is 0 Å². The highest BCUT2D eigenvalue weighted by atomic mass is 35.5. The molecule has 8 heteroatoms. The number of nitrogens with one attached hydrogen (secondary N) is 1. The number of rotatable bonds is 10. The number of nitrogens with zero attached hydrogens (tertiary/aromatic N) is 2. The van der Waals surface area contributed by atoms with Gasteiger partial charge in [-0.1, -0.05) is 36.7 Å². The number of ether oxygens (including phenoxy) is 1. The van der Waals surface area contributed by atoms with Crippen molar-refractivity contribution in [2.24, 2.45) is 0 Å². The fourth-order valence-electron chi connectivity index (χ4n) is 2.99. The number of halogens is 2. The number of amides is 2. The molecule has 0 aliphatic rings. The zero-order valence-electron chi connectivity index (χ0n) is 17.5. The van der Waals surface area contributed by atoms with E-state index < -0.39 is 5.82 Å². The number of likely N-dealkylation sites (N-methyl/N-ethyl adjacent to an activating group) is 1. The molecule has 0 atom stereocenters. The van der Waals surface area contributed by atoms with Gasteiger partial charge in [0.1, 0.15) is 11.6 Å². The molecule has 30 heavy (non-hydrogen) atoms. The first-order valence-electron chi connectivity index (χ1n) is 9.67. The Bertz CT molecular complexity index is 858. The van der Waals surface area contributed by atoms with E-state index in [0.717, 1.165) is 6.42 Å². The molecule has 2 rings (SSSR count). The van der Waals surface area contributed by atoms with Gasteiger partial charge in [-0.05, 0) is 37.2 Å². The SMILES string of the molecule is CCCN(CC(=O)Nc1ccccc1OC)CC(=O)N(C)Cc1c(F)cccc1Cl. The Kier molecular flexibility index (Phi) is 9.08. The number of methoxy groups -OCH3 is 1. The molecule has 0 aliphatic heterocycles. The molecule has 2 aromatic carbocycles. The van der Waals surface area contributed by atoms with Gasteiger partial charge in [0.2, 0.25) is 11.8 Å². The Balaban J connectivity index is 1.98. The third-order valence-corrected chi connectivity index (χ3v) is 4.88. The second-order valence-electron chi connectivity index (χ2n) is 6.91. The van der Waals surface area contributed by atoms with Crippen LogP contribution >= 0.6 is 11.6 Å². The standard InChI is InChI=1S/C22H27ClFN3O3/c1-4-12-27(14-21(28)25-19-10-5-6-11-20(19)30-3)15-22(29)26(2)13-16-17(23)8-7-9-18(16)24/h5-11H,4,12-15H2,1-3H3,(H,25,28). The lowest BCUT2D eigenvalue weighted by Crippen LogP contribution is -2.42. The summed E-state index contributed by atoms with van der Waals surface area (Å²) in [5.41, 5.74) is 0.838. The van der Waals surface area contributed by atoms with E-state index >= 15 is 0 Å². The number of hydrogen-bond acceptors (Lipinski definition) is 4. The summed E-state index contributed by atoms with van der Waals surface area (Å²) in [5, 5.41) is 3.08. The van der Waals surface area contributed by atoms with Crippen LogP contribution in [0.5, 0.6) is 5.75 Å². The highest BCUT2D eigenvalue weighted by molar-refractivity contribution is 6.31. The quantitative estimate of drug-likeness (QED) is 0.616. The van der Waals surface area contributed by atoms with Crippen molar-refractivity contribution < 1.29 is 18.7 Å². The average molecular weight is 436 g/mol. The molecule has 0 bridgehead atoms. The highest BCUT2D eigenvalue weighted by Crippen LogP contribution is 2.23. The van der Waals surface area contributed by atoms with Crippen LogP contribution < -0.4 is 10.1 Å². The molecule has 0 spiro atoms. The van der Waals surface area contributed by atoms with Gasteiger partial charge in [0.15, 0.2) is 0 Å². The van der Waals surface area contributed by atoms with Gasteiger partial charge in [0, 0.05) is 24.2 Å². The van der Waals surface area contributed by atoms with E-state index in [1.807, 2.05) is 13.0 Å². The van der Waals surface area contributed by atoms with Crippen LogP contribution in [0.2, 0.25) is 5.02 Å². The predicted molar refractivity (Wildman–Crippen MR) is 116 cm³/mol. The average Bonchev–Trinajstić information content (AvgIpc) is 2.71. The molecule has 0 saturated heterocycles. The van der Waals surface area contributed by atoms with Crippen molar-refractivity contribution in [3.8, 4) is 5.75 Å². The van der Waals surface area contributed by atoms with Crippen molar-refractivity contribution in [3.05, 3.63) is 58.9 Å². The number of hydrogen-bond donors (Lipinski definition) is 1. The van der Waals surface area contributed by atoms with Crippen LogP contribution in [0.15, 0.2) is 42.5 Å². The molecule has 1 N–H and O–H groups in total. The zero-order chi connectivity index (χ0) is 22.1. The molecule has 0 saturated carbocycles. The number of para-hydroxylation sites is 2. The third kappa shape index (κ3) is 6.71. The molecule has 0 aromatic heterocycles. The lowest BCUT2D eigenvalue weighted by atomic mass is 10.2.